The first-order valence-electron chi connectivity index (χ1n) is 6.43. The van der Waals surface area contributed by atoms with Crippen LogP contribution in [-0.2, 0) is 6.42 Å². The smallest absolute Gasteiger partial charge is 0.128 e. The van der Waals surface area contributed by atoms with Crippen molar-refractivity contribution in [1.29, 1.82) is 0 Å². The Morgan fingerprint density at radius 2 is 2.26 bits per heavy atom. The minimum absolute atomic E-state index is 1.04. The summed E-state index contributed by atoms with van der Waals surface area (Å²) in [5, 5.41) is 5.65. The average molecular weight is 267 g/mol. The van der Waals surface area contributed by atoms with Gasteiger partial charge in [-0.3, -0.25) is 0 Å². The summed E-state index contributed by atoms with van der Waals surface area (Å²) in [5.74, 6) is 0. The standard InChI is InChI=1S/C15H13N3S/c1-10-14(12-7-4-5-9-18(12)17-10)15-16-11-6-2-3-8-13(11)19-15/h2,4-7,9H,3,8H2,1H3. The van der Waals surface area contributed by atoms with Crippen molar-refractivity contribution in [2.45, 2.75) is 19.8 Å². The Morgan fingerprint density at radius 1 is 1.32 bits per heavy atom. The molecule has 94 valence electrons. The lowest BCUT2D eigenvalue weighted by atomic mass is 10.1. The lowest BCUT2D eigenvalue weighted by Gasteiger charge is -1.99. The molecule has 3 heterocycles. The molecule has 3 nitrogen and oxygen atoms in total. The molecule has 0 fully saturated rings. The van der Waals surface area contributed by atoms with Crippen molar-refractivity contribution in [3.8, 4) is 10.6 Å². The fourth-order valence-electron chi connectivity index (χ4n) is 2.57. The highest BCUT2D eigenvalue weighted by Gasteiger charge is 2.18. The Labute approximate surface area is 115 Å². The van der Waals surface area contributed by atoms with Gasteiger partial charge in [0.05, 0.1) is 22.5 Å². The Kier molecular flexibility index (Phi) is 2.32. The number of fused-ring (bicyclic) bond motifs is 2. The zero-order valence-electron chi connectivity index (χ0n) is 10.6. The van der Waals surface area contributed by atoms with Crippen LogP contribution in [0.1, 0.15) is 22.7 Å². The molecule has 0 unspecified atom stereocenters. The Morgan fingerprint density at radius 3 is 3.16 bits per heavy atom. The van der Waals surface area contributed by atoms with Crippen molar-refractivity contribution in [2.24, 2.45) is 0 Å². The van der Waals surface area contributed by atoms with E-state index in [1.807, 2.05) is 22.8 Å². The number of rotatable bonds is 1. The Bertz CT molecular complexity index is 795. The second-order valence-electron chi connectivity index (χ2n) is 4.76. The highest BCUT2D eigenvalue weighted by molar-refractivity contribution is 7.15. The fourth-order valence-corrected chi connectivity index (χ4v) is 3.74. The van der Waals surface area contributed by atoms with Crippen LogP contribution in [0.3, 0.4) is 0 Å². The number of hydrogen-bond donors (Lipinski definition) is 0. The molecule has 0 radical (unpaired) electrons. The van der Waals surface area contributed by atoms with Crippen LogP contribution in [-0.4, -0.2) is 14.6 Å². The van der Waals surface area contributed by atoms with Crippen LogP contribution >= 0.6 is 11.3 Å². The molecule has 0 aliphatic heterocycles. The lowest BCUT2D eigenvalue weighted by molar-refractivity contribution is 0.934. The van der Waals surface area contributed by atoms with Gasteiger partial charge < -0.3 is 0 Å². The van der Waals surface area contributed by atoms with E-state index in [1.165, 1.54) is 10.4 Å². The maximum atomic E-state index is 4.78. The molecule has 0 amide bonds. The van der Waals surface area contributed by atoms with E-state index in [0.29, 0.717) is 0 Å². The van der Waals surface area contributed by atoms with Crippen LogP contribution < -0.4 is 0 Å². The van der Waals surface area contributed by atoms with Gasteiger partial charge in [0.2, 0.25) is 0 Å². The van der Waals surface area contributed by atoms with Crippen LogP contribution in [0.15, 0.2) is 30.5 Å². The summed E-state index contributed by atoms with van der Waals surface area (Å²) in [4.78, 5) is 6.18. The summed E-state index contributed by atoms with van der Waals surface area (Å²) >= 11 is 1.81. The number of aromatic nitrogens is 3. The molecule has 0 N–H and O–H groups in total. The van der Waals surface area contributed by atoms with Crippen molar-refractivity contribution in [1.82, 2.24) is 14.6 Å². The van der Waals surface area contributed by atoms with E-state index < -0.39 is 0 Å². The van der Waals surface area contributed by atoms with Gasteiger partial charge in [-0.2, -0.15) is 5.10 Å². The molecule has 1 aliphatic carbocycles. The molecular formula is C15H13N3S. The van der Waals surface area contributed by atoms with Gasteiger partial charge in [-0.05, 0) is 38.0 Å². The molecule has 3 aromatic rings. The summed E-state index contributed by atoms with van der Waals surface area (Å²) in [6.07, 6.45) is 8.57. The van der Waals surface area contributed by atoms with E-state index in [4.69, 9.17) is 4.98 Å². The topological polar surface area (TPSA) is 30.2 Å². The van der Waals surface area contributed by atoms with Crippen LogP contribution in [0.2, 0.25) is 0 Å². The van der Waals surface area contributed by atoms with Crippen molar-refractivity contribution >= 4 is 22.9 Å². The third-order valence-corrected chi connectivity index (χ3v) is 4.62. The summed E-state index contributed by atoms with van der Waals surface area (Å²) in [7, 11) is 0. The van der Waals surface area contributed by atoms with Gasteiger partial charge in [-0.25, -0.2) is 9.50 Å². The molecule has 1 aliphatic rings. The minimum atomic E-state index is 1.04. The Balaban J connectivity index is 1.97. The normalized spacial score (nSPS) is 13.9. The molecule has 0 aromatic carbocycles. The third kappa shape index (κ3) is 1.64. The van der Waals surface area contributed by atoms with E-state index in [9.17, 15) is 0 Å². The molecule has 0 saturated carbocycles. The van der Waals surface area contributed by atoms with Crippen LogP contribution in [0.5, 0.6) is 0 Å². The first-order valence-corrected chi connectivity index (χ1v) is 7.25. The van der Waals surface area contributed by atoms with Gasteiger partial charge in [0, 0.05) is 11.1 Å². The maximum absolute atomic E-state index is 4.78. The second kappa shape index (κ2) is 4.03. The highest BCUT2D eigenvalue weighted by atomic mass is 32.1. The van der Waals surface area contributed by atoms with Crippen LogP contribution in [0.4, 0.5) is 0 Å². The second-order valence-corrected chi connectivity index (χ2v) is 5.84. The van der Waals surface area contributed by atoms with Crippen molar-refractivity contribution < 1.29 is 0 Å². The summed E-state index contributed by atoms with van der Waals surface area (Å²) < 4.78 is 1.93. The first kappa shape index (κ1) is 10.9. The monoisotopic (exact) mass is 267 g/mol. The SMILES string of the molecule is Cc1nn2ccccc2c1-c1nc2c(s1)CCC=C2. The quantitative estimate of drug-likeness (QED) is 0.672. The fraction of sp³-hybridized carbons (Fsp3) is 0.200. The predicted octanol–water partition coefficient (Wildman–Crippen LogP) is 3.73. The zero-order valence-corrected chi connectivity index (χ0v) is 11.4. The number of thiazole rings is 1. The Hall–Kier alpha value is -1.94. The minimum Gasteiger partial charge on any atom is -0.240 e. The lowest BCUT2D eigenvalue weighted by Crippen LogP contribution is -1.88. The summed E-state index contributed by atoms with van der Waals surface area (Å²) in [5.41, 5.74) is 4.49. The van der Waals surface area contributed by atoms with Gasteiger partial charge in [0.25, 0.3) is 0 Å². The van der Waals surface area contributed by atoms with Gasteiger partial charge >= 0.3 is 0 Å². The van der Waals surface area contributed by atoms with E-state index in [-0.39, 0.29) is 0 Å². The first-order chi connectivity index (χ1) is 9.33. The van der Waals surface area contributed by atoms with Crippen molar-refractivity contribution in [3.63, 3.8) is 0 Å². The van der Waals surface area contributed by atoms with E-state index in [2.05, 4.69) is 30.2 Å². The zero-order chi connectivity index (χ0) is 12.8. The van der Waals surface area contributed by atoms with Crippen LogP contribution in [0, 0.1) is 6.92 Å². The molecule has 0 spiro atoms. The number of nitrogens with zero attached hydrogens (tertiary/aromatic N) is 3. The molecule has 0 saturated heterocycles. The molecular weight excluding hydrogens is 254 g/mol. The number of aryl methyl sites for hydroxylation is 2. The molecule has 0 bridgehead atoms. The maximum Gasteiger partial charge on any atom is 0.128 e. The molecule has 4 rings (SSSR count). The van der Waals surface area contributed by atoms with Gasteiger partial charge in [0.15, 0.2) is 0 Å². The van der Waals surface area contributed by atoms with E-state index >= 15 is 0 Å². The summed E-state index contributed by atoms with van der Waals surface area (Å²) in [6.45, 7) is 2.05. The van der Waals surface area contributed by atoms with Crippen molar-refractivity contribution in [3.05, 3.63) is 46.7 Å². The van der Waals surface area contributed by atoms with Gasteiger partial charge in [0.1, 0.15) is 5.01 Å². The largest absolute Gasteiger partial charge is 0.240 e. The van der Waals surface area contributed by atoms with Crippen molar-refractivity contribution in [2.75, 3.05) is 0 Å². The average Bonchev–Trinajstić information content (AvgIpc) is 2.97. The molecule has 19 heavy (non-hydrogen) atoms. The number of pyridine rings is 1. The number of allylic oxidation sites excluding steroid dienone is 1. The molecule has 3 aromatic heterocycles. The van der Waals surface area contributed by atoms with Gasteiger partial charge in [-0.1, -0.05) is 12.1 Å². The predicted molar refractivity (Wildman–Crippen MR) is 78.4 cm³/mol. The molecule has 4 heteroatoms. The highest BCUT2D eigenvalue weighted by Crippen LogP contribution is 2.35. The third-order valence-electron chi connectivity index (χ3n) is 3.47. The summed E-state index contributed by atoms with van der Waals surface area (Å²) in [6, 6.07) is 6.15. The van der Waals surface area contributed by atoms with E-state index in [1.54, 1.807) is 11.3 Å². The van der Waals surface area contributed by atoms with Crippen LogP contribution in [0.25, 0.3) is 22.2 Å². The van der Waals surface area contributed by atoms with E-state index in [0.717, 1.165) is 34.8 Å². The number of hydrogen-bond acceptors (Lipinski definition) is 3. The molecule has 0 atom stereocenters. The van der Waals surface area contributed by atoms with Gasteiger partial charge in [-0.15, -0.1) is 11.3 Å².